The minimum Gasteiger partial charge on any atom is -0.304 e. The van der Waals surface area contributed by atoms with Gasteiger partial charge < -0.3 is 9.80 Å². The lowest BCUT2D eigenvalue weighted by molar-refractivity contribution is 0.0311. The lowest BCUT2D eigenvalue weighted by Gasteiger charge is -2.48. The Bertz CT molecular complexity index is 354. The van der Waals surface area contributed by atoms with Gasteiger partial charge in [0.2, 0.25) is 0 Å². The molecule has 1 spiro atoms. The predicted octanol–water partition coefficient (Wildman–Crippen LogP) is 5.18. The minimum atomic E-state index is 0.724. The van der Waals surface area contributed by atoms with Crippen molar-refractivity contribution in [2.24, 2.45) is 17.3 Å². The fourth-order valence-electron chi connectivity index (χ4n) is 5.81. The molecule has 0 unspecified atom stereocenters. The summed E-state index contributed by atoms with van der Waals surface area (Å²) < 4.78 is 0. The van der Waals surface area contributed by atoms with Gasteiger partial charge in [0.05, 0.1) is 0 Å². The third-order valence-electron chi connectivity index (χ3n) is 8.11. The van der Waals surface area contributed by atoms with Crippen LogP contribution in [-0.2, 0) is 0 Å². The molecule has 0 amide bonds. The predicted molar refractivity (Wildman–Crippen MR) is 104 cm³/mol. The van der Waals surface area contributed by atoms with Crippen molar-refractivity contribution in [2.45, 2.75) is 90.5 Å². The highest BCUT2D eigenvalue weighted by molar-refractivity contribution is 4.92. The van der Waals surface area contributed by atoms with E-state index in [1.807, 2.05) is 0 Å². The van der Waals surface area contributed by atoms with Crippen molar-refractivity contribution in [3.05, 3.63) is 0 Å². The molecule has 140 valence electrons. The van der Waals surface area contributed by atoms with Gasteiger partial charge in [-0.05, 0) is 95.3 Å². The van der Waals surface area contributed by atoms with E-state index in [0.717, 1.165) is 23.3 Å². The summed E-state index contributed by atoms with van der Waals surface area (Å²) in [7, 11) is 2.32. The average molecular weight is 335 g/mol. The average Bonchev–Trinajstić information content (AvgIpc) is 2.64. The molecule has 24 heavy (non-hydrogen) atoms. The molecule has 0 atom stereocenters. The van der Waals surface area contributed by atoms with Gasteiger partial charge in [-0.2, -0.15) is 0 Å². The van der Waals surface area contributed by atoms with E-state index < -0.39 is 0 Å². The molecule has 2 saturated carbocycles. The first kappa shape index (κ1) is 18.7. The van der Waals surface area contributed by atoms with Crippen LogP contribution >= 0.6 is 0 Å². The van der Waals surface area contributed by atoms with E-state index in [4.69, 9.17) is 0 Å². The molecule has 0 aromatic carbocycles. The molecular formula is C22H42N2. The second kappa shape index (κ2) is 8.54. The number of hydrogen-bond acceptors (Lipinski definition) is 2. The molecule has 0 bridgehead atoms. The van der Waals surface area contributed by atoms with E-state index in [0.29, 0.717) is 0 Å². The molecule has 1 aliphatic heterocycles. The molecule has 1 heterocycles. The third kappa shape index (κ3) is 4.55. The summed E-state index contributed by atoms with van der Waals surface area (Å²) in [5.74, 6) is 2.05. The monoisotopic (exact) mass is 334 g/mol. The fourth-order valence-corrected chi connectivity index (χ4v) is 5.81. The van der Waals surface area contributed by atoms with Gasteiger partial charge in [-0.1, -0.05) is 33.1 Å². The van der Waals surface area contributed by atoms with Crippen LogP contribution in [0.4, 0.5) is 0 Å². The first-order chi connectivity index (χ1) is 11.6. The second-order valence-corrected chi connectivity index (χ2v) is 9.40. The van der Waals surface area contributed by atoms with Crippen LogP contribution in [0, 0.1) is 17.3 Å². The first-order valence-electron chi connectivity index (χ1n) is 11.1. The minimum absolute atomic E-state index is 0.724. The molecule has 0 aromatic heterocycles. The van der Waals surface area contributed by atoms with E-state index >= 15 is 0 Å². The number of nitrogens with zero attached hydrogens (tertiary/aromatic N) is 2. The normalized spacial score (nSPS) is 32.5. The number of likely N-dealkylation sites (tertiary alicyclic amines) is 1. The lowest BCUT2D eigenvalue weighted by Crippen LogP contribution is -2.46. The largest absolute Gasteiger partial charge is 0.304 e. The maximum Gasteiger partial charge on any atom is 0.00925 e. The van der Waals surface area contributed by atoms with Crippen molar-refractivity contribution in [1.82, 2.24) is 9.80 Å². The highest BCUT2D eigenvalue weighted by Crippen LogP contribution is 2.45. The molecule has 3 aliphatic rings. The van der Waals surface area contributed by atoms with Crippen LogP contribution in [-0.4, -0.2) is 49.1 Å². The van der Waals surface area contributed by atoms with Crippen molar-refractivity contribution < 1.29 is 0 Å². The van der Waals surface area contributed by atoms with Crippen LogP contribution in [0.5, 0.6) is 0 Å². The van der Waals surface area contributed by atoms with Crippen molar-refractivity contribution >= 4 is 0 Å². The van der Waals surface area contributed by atoms with Crippen molar-refractivity contribution in [1.29, 1.82) is 0 Å². The van der Waals surface area contributed by atoms with Crippen LogP contribution in [0.1, 0.15) is 84.5 Å². The Kier molecular flexibility index (Phi) is 6.65. The molecular weight excluding hydrogens is 292 g/mol. The molecule has 2 aliphatic carbocycles. The number of piperidine rings is 1. The highest BCUT2D eigenvalue weighted by atomic mass is 15.1. The van der Waals surface area contributed by atoms with Gasteiger partial charge in [0.25, 0.3) is 0 Å². The molecule has 1 saturated heterocycles. The number of rotatable bonds is 5. The van der Waals surface area contributed by atoms with Gasteiger partial charge in [0, 0.05) is 12.6 Å². The standard InChI is InChI=1S/C22H42N2/c1-4-19-6-8-20(9-7-19)18-24-16-14-22(15-17-24)12-10-21(11-13-22)23(3)5-2/h19-21H,4-18H2,1-3H3. The summed E-state index contributed by atoms with van der Waals surface area (Å²) in [6.07, 6.45) is 16.3. The van der Waals surface area contributed by atoms with Gasteiger partial charge in [-0.15, -0.1) is 0 Å². The van der Waals surface area contributed by atoms with Crippen LogP contribution in [0.25, 0.3) is 0 Å². The summed E-state index contributed by atoms with van der Waals surface area (Å²) in [6.45, 7) is 10.1. The zero-order chi connectivity index (χ0) is 17.0. The zero-order valence-electron chi connectivity index (χ0n) is 16.7. The zero-order valence-corrected chi connectivity index (χ0v) is 16.7. The van der Waals surface area contributed by atoms with E-state index in [1.54, 1.807) is 0 Å². The first-order valence-corrected chi connectivity index (χ1v) is 11.1. The molecule has 2 heteroatoms. The summed E-state index contributed by atoms with van der Waals surface area (Å²) >= 11 is 0. The Hall–Kier alpha value is -0.0800. The van der Waals surface area contributed by atoms with Crippen LogP contribution in [0.2, 0.25) is 0 Å². The topological polar surface area (TPSA) is 6.48 Å². The van der Waals surface area contributed by atoms with Crippen LogP contribution in [0.3, 0.4) is 0 Å². The summed E-state index contributed by atoms with van der Waals surface area (Å²) in [4.78, 5) is 5.40. The summed E-state index contributed by atoms with van der Waals surface area (Å²) in [5.41, 5.74) is 0.724. The van der Waals surface area contributed by atoms with Gasteiger partial charge >= 0.3 is 0 Å². The Morgan fingerprint density at radius 2 is 1.42 bits per heavy atom. The van der Waals surface area contributed by atoms with Gasteiger partial charge in [0.1, 0.15) is 0 Å². The highest BCUT2D eigenvalue weighted by Gasteiger charge is 2.39. The molecule has 2 nitrogen and oxygen atoms in total. The van der Waals surface area contributed by atoms with E-state index in [1.165, 1.54) is 96.8 Å². The Morgan fingerprint density at radius 3 is 1.96 bits per heavy atom. The van der Waals surface area contributed by atoms with Crippen molar-refractivity contribution in [3.63, 3.8) is 0 Å². The Labute approximate surface area is 151 Å². The van der Waals surface area contributed by atoms with Gasteiger partial charge in [-0.3, -0.25) is 0 Å². The quantitative estimate of drug-likeness (QED) is 0.683. The SMILES string of the molecule is CCC1CCC(CN2CCC3(CCC(N(C)CC)CC3)CC2)CC1. The summed E-state index contributed by atoms with van der Waals surface area (Å²) in [6, 6.07) is 0.868. The fraction of sp³-hybridized carbons (Fsp3) is 1.00. The van der Waals surface area contributed by atoms with Crippen LogP contribution < -0.4 is 0 Å². The molecule has 0 N–H and O–H groups in total. The van der Waals surface area contributed by atoms with Gasteiger partial charge in [-0.25, -0.2) is 0 Å². The third-order valence-corrected chi connectivity index (χ3v) is 8.11. The smallest absolute Gasteiger partial charge is 0.00925 e. The summed E-state index contributed by atoms with van der Waals surface area (Å²) in [5, 5.41) is 0. The van der Waals surface area contributed by atoms with E-state index in [-0.39, 0.29) is 0 Å². The Balaban J connectivity index is 1.39. The molecule has 0 aromatic rings. The lowest BCUT2D eigenvalue weighted by atomic mass is 9.66. The van der Waals surface area contributed by atoms with Crippen LogP contribution in [0.15, 0.2) is 0 Å². The second-order valence-electron chi connectivity index (χ2n) is 9.40. The molecule has 3 rings (SSSR count). The number of hydrogen-bond donors (Lipinski definition) is 0. The van der Waals surface area contributed by atoms with Gasteiger partial charge in [0.15, 0.2) is 0 Å². The van der Waals surface area contributed by atoms with E-state index in [9.17, 15) is 0 Å². The van der Waals surface area contributed by atoms with E-state index in [2.05, 4.69) is 30.7 Å². The molecule has 0 radical (unpaired) electrons. The molecule has 3 fully saturated rings. The maximum atomic E-state index is 2.83. The van der Waals surface area contributed by atoms with Crippen molar-refractivity contribution in [3.8, 4) is 0 Å². The van der Waals surface area contributed by atoms with Crippen molar-refractivity contribution in [2.75, 3.05) is 33.2 Å². The maximum absolute atomic E-state index is 2.83. The Morgan fingerprint density at radius 1 is 0.833 bits per heavy atom.